The molecule has 2 atom stereocenters. The van der Waals surface area contributed by atoms with E-state index in [4.69, 9.17) is 0 Å². The minimum Gasteiger partial charge on any atom is -0.293 e. The maximum atomic E-state index is 12.5. The molecule has 0 aromatic heterocycles. The van der Waals surface area contributed by atoms with Gasteiger partial charge in [0.2, 0.25) is 0 Å². The fraction of sp³-hybridized carbons (Fsp3) is 0.588. The van der Waals surface area contributed by atoms with Gasteiger partial charge in [0.05, 0.1) is 6.54 Å². The van der Waals surface area contributed by atoms with E-state index < -0.39 is 0 Å². The number of carbonyl (C=O) groups is 1. The summed E-state index contributed by atoms with van der Waals surface area (Å²) in [7, 11) is 0. The first-order chi connectivity index (χ1) is 9.74. The molecule has 20 heavy (non-hydrogen) atoms. The Hall–Kier alpha value is -0.420. The number of likely N-dealkylation sites (tertiary alicyclic amines) is 1. The highest BCUT2D eigenvalue weighted by Crippen LogP contribution is 2.35. The Kier molecular flexibility index (Phi) is 4.76. The van der Waals surface area contributed by atoms with Crippen LogP contribution in [0.25, 0.3) is 0 Å². The molecule has 108 valence electrons. The minimum atomic E-state index is 0.285. The number of benzene rings is 1. The summed E-state index contributed by atoms with van der Waals surface area (Å²) in [6.45, 7) is 1.72. The van der Waals surface area contributed by atoms with Crippen molar-refractivity contribution >= 4 is 28.4 Å². The number of nitrogens with zero attached hydrogens (tertiary/aromatic N) is 1. The van der Waals surface area contributed by atoms with Gasteiger partial charge in [0.25, 0.3) is 0 Å². The van der Waals surface area contributed by atoms with Gasteiger partial charge < -0.3 is 0 Å². The van der Waals surface area contributed by atoms with Crippen molar-refractivity contribution in [2.24, 2.45) is 5.92 Å². The summed E-state index contributed by atoms with van der Waals surface area (Å²) in [5, 5.41) is 0. The minimum absolute atomic E-state index is 0.285. The number of hydrogen-bond donors (Lipinski definition) is 0. The fourth-order valence-corrected chi connectivity index (χ4v) is 4.20. The highest BCUT2D eigenvalue weighted by molar-refractivity contribution is 14.1. The lowest BCUT2D eigenvalue weighted by atomic mass is 9.78. The Labute approximate surface area is 135 Å². The number of Topliss-reactive ketones (excluding diaryl/α,β-unsaturated/α-hetero) is 1. The van der Waals surface area contributed by atoms with Crippen molar-refractivity contribution in [2.75, 3.05) is 13.1 Å². The largest absolute Gasteiger partial charge is 0.293 e. The molecule has 2 nitrogen and oxygen atoms in total. The third-order valence-electron chi connectivity index (χ3n) is 4.87. The van der Waals surface area contributed by atoms with E-state index in [9.17, 15) is 4.79 Å². The van der Waals surface area contributed by atoms with Gasteiger partial charge in [0, 0.05) is 15.2 Å². The molecule has 0 spiro atoms. The lowest BCUT2D eigenvalue weighted by Crippen LogP contribution is -2.48. The standard InChI is InChI=1S/C17H22INO/c18-15-9-7-14(8-10-15)17(20)12-19-11-3-5-13-4-1-2-6-16(13)19/h7-10,13,16H,1-6,11-12H2/t13-,16-/m1/s1. The van der Waals surface area contributed by atoms with Crippen LogP contribution in [0, 0.1) is 9.49 Å². The third kappa shape index (κ3) is 3.25. The number of rotatable bonds is 3. The number of carbonyl (C=O) groups excluding carboxylic acids is 1. The normalized spacial score (nSPS) is 27.1. The molecule has 3 heteroatoms. The topological polar surface area (TPSA) is 20.3 Å². The second kappa shape index (κ2) is 6.56. The van der Waals surface area contributed by atoms with Crippen molar-refractivity contribution in [3.05, 3.63) is 33.4 Å². The number of hydrogen-bond acceptors (Lipinski definition) is 2. The summed E-state index contributed by atoms with van der Waals surface area (Å²) in [6.07, 6.45) is 8.04. The summed E-state index contributed by atoms with van der Waals surface area (Å²) in [4.78, 5) is 14.9. The van der Waals surface area contributed by atoms with Crippen molar-refractivity contribution in [2.45, 2.75) is 44.6 Å². The smallest absolute Gasteiger partial charge is 0.176 e. The molecular formula is C17H22INO. The Balaban J connectivity index is 1.66. The lowest BCUT2D eigenvalue weighted by molar-refractivity contribution is 0.0539. The summed E-state index contributed by atoms with van der Waals surface area (Å²) >= 11 is 2.28. The van der Waals surface area contributed by atoms with Crippen LogP contribution >= 0.6 is 22.6 Å². The molecule has 2 fully saturated rings. The Bertz CT molecular complexity index is 468. The molecule has 0 N–H and O–H groups in total. The van der Waals surface area contributed by atoms with Crippen LogP contribution < -0.4 is 0 Å². The van der Waals surface area contributed by atoms with E-state index in [1.165, 1.54) is 42.1 Å². The monoisotopic (exact) mass is 383 g/mol. The molecule has 1 heterocycles. The first-order valence-corrected chi connectivity index (χ1v) is 8.85. The number of piperidine rings is 1. The van der Waals surface area contributed by atoms with Gasteiger partial charge in [-0.05, 0) is 72.9 Å². The highest BCUT2D eigenvalue weighted by atomic mass is 127. The molecule has 0 unspecified atom stereocenters. The molecule has 1 aromatic carbocycles. The van der Waals surface area contributed by atoms with Gasteiger partial charge >= 0.3 is 0 Å². The number of halogens is 1. The second-order valence-electron chi connectivity index (χ2n) is 6.15. The van der Waals surface area contributed by atoms with Crippen molar-refractivity contribution in [3.63, 3.8) is 0 Å². The van der Waals surface area contributed by atoms with Gasteiger partial charge in [-0.2, -0.15) is 0 Å². The quantitative estimate of drug-likeness (QED) is 0.578. The Morgan fingerprint density at radius 3 is 2.60 bits per heavy atom. The summed E-state index contributed by atoms with van der Waals surface area (Å²) in [5.74, 6) is 1.13. The average Bonchev–Trinajstić information content (AvgIpc) is 2.48. The molecule has 1 aromatic rings. The molecule has 1 aliphatic heterocycles. The van der Waals surface area contributed by atoms with Gasteiger partial charge in [-0.25, -0.2) is 0 Å². The average molecular weight is 383 g/mol. The van der Waals surface area contributed by atoms with Gasteiger partial charge in [-0.15, -0.1) is 0 Å². The molecule has 1 saturated carbocycles. The van der Waals surface area contributed by atoms with Crippen LogP contribution in [-0.4, -0.2) is 29.8 Å². The first-order valence-electron chi connectivity index (χ1n) is 7.77. The third-order valence-corrected chi connectivity index (χ3v) is 5.59. The van der Waals surface area contributed by atoms with Crippen LogP contribution in [0.2, 0.25) is 0 Å². The van der Waals surface area contributed by atoms with Crippen LogP contribution in [0.15, 0.2) is 24.3 Å². The molecule has 0 amide bonds. The van der Waals surface area contributed by atoms with E-state index in [1.54, 1.807) is 0 Å². The predicted molar refractivity (Wildman–Crippen MR) is 90.0 cm³/mol. The van der Waals surface area contributed by atoms with Gasteiger partial charge in [-0.1, -0.05) is 25.0 Å². The van der Waals surface area contributed by atoms with E-state index >= 15 is 0 Å². The van der Waals surface area contributed by atoms with Crippen LogP contribution in [0.5, 0.6) is 0 Å². The maximum absolute atomic E-state index is 12.5. The fourth-order valence-electron chi connectivity index (χ4n) is 3.84. The van der Waals surface area contributed by atoms with Gasteiger partial charge in [-0.3, -0.25) is 9.69 Å². The molecule has 0 bridgehead atoms. The van der Waals surface area contributed by atoms with Gasteiger partial charge in [0.1, 0.15) is 0 Å². The molecular weight excluding hydrogens is 361 g/mol. The summed E-state index contributed by atoms with van der Waals surface area (Å²) < 4.78 is 1.18. The Morgan fingerprint density at radius 1 is 1.10 bits per heavy atom. The number of fused-ring (bicyclic) bond motifs is 1. The van der Waals surface area contributed by atoms with Crippen LogP contribution in [0.3, 0.4) is 0 Å². The SMILES string of the molecule is O=C(CN1CCC[C@H]2CCCC[C@H]21)c1ccc(I)cc1. The second-order valence-corrected chi connectivity index (χ2v) is 7.40. The lowest BCUT2D eigenvalue weighted by Gasteiger charge is -2.43. The Morgan fingerprint density at radius 2 is 1.80 bits per heavy atom. The first kappa shape index (κ1) is 14.5. The van der Waals surface area contributed by atoms with Crippen LogP contribution in [0.4, 0.5) is 0 Å². The molecule has 3 rings (SSSR count). The zero-order valence-corrected chi connectivity index (χ0v) is 14.0. The highest BCUT2D eigenvalue weighted by Gasteiger charge is 2.33. The van der Waals surface area contributed by atoms with E-state index in [-0.39, 0.29) is 5.78 Å². The van der Waals surface area contributed by atoms with Crippen molar-refractivity contribution in [3.8, 4) is 0 Å². The van der Waals surface area contributed by atoms with E-state index in [2.05, 4.69) is 27.5 Å². The van der Waals surface area contributed by atoms with Gasteiger partial charge in [0.15, 0.2) is 5.78 Å². The summed E-state index contributed by atoms with van der Waals surface area (Å²) in [6, 6.07) is 8.64. The molecule has 1 saturated heterocycles. The molecule has 0 radical (unpaired) electrons. The van der Waals surface area contributed by atoms with Crippen molar-refractivity contribution in [1.29, 1.82) is 0 Å². The predicted octanol–water partition coefficient (Wildman–Crippen LogP) is 4.13. The van der Waals surface area contributed by atoms with Crippen LogP contribution in [0.1, 0.15) is 48.9 Å². The van der Waals surface area contributed by atoms with Crippen molar-refractivity contribution in [1.82, 2.24) is 4.90 Å². The zero-order valence-electron chi connectivity index (χ0n) is 11.9. The zero-order chi connectivity index (χ0) is 13.9. The molecule has 1 aliphatic carbocycles. The van der Waals surface area contributed by atoms with E-state index in [0.717, 1.165) is 18.0 Å². The van der Waals surface area contributed by atoms with E-state index in [0.29, 0.717) is 12.6 Å². The van der Waals surface area contributed by atoms with Crippen LogP contribution in [-0.2, 0) is 0 Å². The van der Waals surface area contributed by atoms with Crippen molar-refractivity contribution < 1.29 is 4.79 Å². The summed E-state index contributed by atoms with van der Waals surface area (Å²) in [5.41, 5.74) is 0.864. The maximum Gasteiger partial charge on any atom is 0.176 e. The van der Waals surface area contributed by atoms with E-state index in [1.807, 2.05) is 24.3 Å². The number of ketones is 1. The molecule has 2 aliphatic rings.